The van der Waals surface area contributed by atoms with Crippen LogP contribution in [0.25, 0.3) is 0 Å². The highest BCUT2D eigenvalue weighted by Gasteiger charge is 2.43. The van der Waals surface area contributed by atoms with Crippen molar-refractivity contribution in [1.82, 2.24) is 14.4 Å². The Morgan fingerprint density at radius 1 is 1.19 bits per heavy atom. The van der Waals surface area contributed by atoms with E-state index in [4.69, 9.17) is 30.3 Å². The molecular weight excluding hydrogens is 464 g/mol. The molecule has 3 aliphatic rings. The fourth-order valence-electron chi connectivity index (χ4n) is 4.11. The van der Waals surface area contributed by atoms with Crippen LogP contribution in [0.4, 0.5) is 5.69 Å². The second-order valence-electron chi connectivity index (χ2n) is 7.76. The number of ether oxygens (including phenoxy) is 3. The molecule has 32 heavy (non-hydrogen) atoms. The van der Waals surface area contributed by atoms with Crippen molar-refractivity contribution in [3.8, 4) is 5.75 Å². The van der Waals surface area contributed by atoms with Crippen molar-refractivity contribution < 1.29 is 31.9 Å². The van der Waals surface area contributed by atoms with Gasteiger partial charge in [-0.1, -0.05) is 16.8 Å². The SMILES string of the molecule is Cc1nc(CN2C(=O)COc3cc(S(=O)(=O)N4CCC5(CC4)OCCO5)c(Cl)cc32)no1. The molecule has 2 fully saturated rings. The predicted octanol–water partition coefficient (Wildman–Crippen LogP) is 1.48. The lowest BCUT2D eigenvalue weighted by atomic mass is 10.1. The number of sulfonamides is 1. The molecule has 13 heteroatoms. The molecule has 0 N–H and O–H groups in total. The van der Waals surface area contributed by atoms with Gasteiger partial charge in [-0.05, 0) is 6.07 Å². The number of carbonyl (C=O) groups excluding carboxylic acids is 1. The van der Waals surface area contributed by atoms with Gasteiger partial charge in [0.05, 0.1) is 30.5 Å². The monoisotopic (exact) mass is 484 g/mol. The Labute approximate surface area is 189 Å². The van der Waals surface area contributed by atoms with Crippen molar-refractivity contribution in [2.45, 2.75) is 37.0 Å². The molecule has 0 bridgehead atoms. The normalized spacial score (nSPS) is 21.1. The van der Waals surface area contributed by atoms with Crippen molar-refractivity contribution in [2.24, 2.45) is 0 Å². The number of amides is 1. The topological polar surface area (TPSA) is 124 Å². The zero-order chi connectivity index (χ0) is 22.5. The van der Waals surface area contributed by atoms with E-state index in [1.165, 1.54) is 21.3 Å². The molecule has 5 rings (SSSR count). The third-order valence-corrected chi connectivity index (χ3v) is 8.10. The van der Waals surface area contributed by atoms with E-state index in [0.29, 0.717) is 43.5 Å². The van der Waals surface area contributed by atoms with Crippen LogP contribution in [0.15, 0.2) is 21.6 Å². The number of hydrogen-bond donors (Lipinski definition) is 0. The zero-order valence-electron chi connectivity index (χ0n) is 17.2. The van der Waals surface area contributed by atoms with Gasteiger partial charge in [0.25, 0.3) is 5.91 Å². The fraction of sp³-hybridized carbons (Fsp3) is 0.526. The molecule has 1 amide bonds. The first-order valence-electron chi connectivity index (χ1n) is 10.1. The molecular formula is C19H21ClN4O7S. The Morgan fingerprint density at radius 3 is 2.56 bits per heavy atom. The van der Waals surface area contributed by atoms with E-state index in [2.05, 4.69) is 10.1 Å². The van der Waals surface area contributed by atoms with Crippen molar-refractivity contribution in [1.29, 1.82) is 0 Å². The zero-order valence-corrected chi connectivity index (χ0v) is 18.8. The minimum absolute atomic E-state index is 0.00926. The number of rotatable bonds is 4. The lowest BCUT2D eigenvalue weighted by molar-refractivity contribution is -0.179. The Bertz CT molecular complexity index is 1150. The average Bonchev–Trinajstić information content (AvgIpc) is 3.39. The molecule has 0 unspecified atom stereocenters. The van der Waals surface area contributed by atoms with Gasteiger partial charge in [-0.15, -0.1) is 0 Å². The lowest BCUT2D eigenvalue weighted by Crippen LogP contribution is -2.47. The highest BCUT2D eigenvalue weighted by molar-refractivity contribution is 7.89. The van der Waals surface area contributed by atoms with Crippen LogP contribution in [0, 0.1) is 6.92 Å². The van der Waals surface area contributed by atoms with Crippen molar-refractivity contribution >= 4 is 33.2 Å². The van der Waals surface area contributed by atoms with Gasteiger partial charge in [0.2, 0.25) is 15.9 Å². The molecule has 1 spiro atoms. The molecule has 2 aromatic rings. The van der Waals surface area contributed by atoms with Gasteiger partial charge in [0, 0.05) is 38.9 Å². The molecule has 0 atom stereocenters. The molecule has 1 aromatic heterocycles. The quantitative estimate of drug-likeness (QED) is 0.634. The summed E-state index contributed by atoms with van der Waals surface area (Å²) in [6.45, 7) is 2.97. The first kappa shape index (κ1) is 21.6. The van der Waals surface area contributed by atoms with Crippen LogP contribution >= 0.6 is 11.6 Å². The third kappa shape index (κ3) is 3.75. The summed E-state index contributed by atoms with van der Waals surface area (Å²) in [5.74, 6) is -0.0936. The first-order chi connectivity index (χ1) is 15.3. The van der Waals surface area contributed by atoms with Crippen LogP contribution in [-0.4, -0.2) is 67.5 Å². The van der Waals surface area contributed by atoms with Crippen LogP contribution in [0.5, 0.6) is 5.75 Å². The Kier molecular flexibility index (Phi) is 5.37. The number of halogens is 1. The predicted molar refractivity (Wildman–Crippen MR) is 110 cm³/mol. The number of aryl methyl sites for hydroxylation is 1. The largest absolute Gasteiger partial charge is 0.482 e. The van der Waals surface area contributed by atoms with Gasteiger partial charge >= 0.3 is 0 Å². The van der Waals surface area contributed by atoms with Crippen molar-refractivity contribution in [3.05, 3.63) is 28.9 Å². The molecule has 1 aromatic carbocycles. The average molecular weight is 485 g/mol. The van der Waals surface area contributed by atoms with Crippen LogP contribution in [-0.2, 0) is 30.8 Å². The van der Waals surface area contributed by atoms with E-state index >= 15 is 0 Å². The minimum atomic E-state index is -3.89. The van der Waals surface area contributed by atoms with E-state index in [1.54, 1.807) is 6.92 Å². The Morgan fingerprint density at radius 2 is 1.91 bits per heavy atom. The highest BCUT2D eigenvalue weighted by atomic mass is 35.5. The number of hydrogen-bond acceptors (Lipinski definition) is 9. The maximum atomic E-state index is 13.3. The third-order valence-electron chi connectivity index (χ3n) is 5.74. The van der Waals surface area contributed by atoms with E-state index in [0.717, 1.165) is 0 Å². The summed E-state index contributed by atoms with van der Waals surface area (Å²) < 4.78 is 49.9. The number of carbonyl (C=O) groups is 1. The van der Waals surface area contributed by atoms with Gasteiger partial charge in [0.15, 0.2) is 18.2 Å². The molecule has 3 aliphatic heterocycles. The maximum absolute atomic E-state index is 13.3. The Balaban J connectivity index is 1.42. The number of aromatic nitrogens is 2. The second-order valence-corrected chi connectivity index (χ2v) is 10.1. The summed E-state index contributed by atoms with van der Waals surface area (Å²) in [6, 6.07) is 2.78. The summed E-state index contributed by atoms with van der Waals surface area (Å²) in [6.07, 6.45) is 0.884. The van der Waals surface area contributed by atoms with E-state index < -0.39 is 15.8 Å². The summed E-state index contributed by atoms with van der Waals surface area (Å²) in [4.78, 5) is 17.9. The fourth-order valence-corrected chi connectivity index (χ4v) is 6.07. The molecule has 11 nitrogen and oxygen atoms in total. The molecule has 0 aliphatic carbocycles. The smallest absolute Gasteiger partial charge is 0.265 e. The van der Waals surface area contributed by atoms with Crippen LogP contribution in [0.3, 0.4) is 0 Å². The minimum Gasteiger partial charge on any atom is -0.482 e. The molecule has 4 heterocycles. The number of fused-ring (bicyclic) bond motifs is 1. The van der Waals surface area contributed by atoms with Crippen molar-refractivity contribution in [2.75, 3.05) is 37.8 Å². The van der Waals surface area contributed by atoms with Crippen LogP contribution in [0.2, 0.25) is 5.02 Å². The highest BCUT2D eigenvalue weighted by Crippen LogP contribution is 2.41. The Hall–Kier alpha value is -2.25. The number of benzene rings is 1. The molecule has 0 saturated carbocycles. The number of anilines is 1. The summed E-state index contributed by atoms with van der Waals surface area (Å²) in [5.41, 5.74) is 0.345. The first-order valence-corrected chi connectivity index (χ1v) is 11.9. The second kappa shape index (κ2) is 7.96. The standard InChI is InChI=1S/C19H21ClN4O7S/c1-12-21-17(22-31-12)10-24-14-8-13(20)16(9-15(14)28-11-18(24)25)32(26,27)23-4-2-19(3-5-23)29-6-7-30-19/h8-9H,2-7,10-11H2,1H3. The van der Waals surface area contributed by atoms with Gasteiger partial charge in [-0.25, -0.2) is 8.42 Å². The number of piperidine rings is 1. The number of nitrogens with zero attached hydrogens (tertiary/aromatic N) is 4. The summed E-state index contributed by atoms with van der Waals surface area (Å²) in [7, 11) is -3.89. The summed E-state index contributed by atoms with van der Waals surface area (Å²) >= 11 is 6.41. The van der Waals surface area contributed by atoms with Gasteiger partial charge in [0.1, 0.15) is 10.6 Å². The van der Waals surface area contributed by atoms with Crippen LogP contribution < -0.4 is 9.64 Å². The van der Waals surface area contributed by atoms with Gasteiger partial charge in [-0.2, -0.15) is 9.29 Å². The van der Waals surface area contributed by atoms with Crippen LogP contribution in [0.1, 0.15) is 24.6 Å². The van der Waals surface area contributed by atoms with Gasteiger partial charge in [-0.3, -0.25) is 9.69 Å². The lowest BCUT2D eigenvalue weighted by Gasteiger charge is -2.37. The van der Waals surface area contributed by atoms with Crippen molar-refractivity contribution in [3.63, 3.8) is 0 Å². The van der Waals surface area contributed by atoms with E-state index in [1.807, 2.05) is 0 Å². The summed E-state index contributed by atoms with van der Waals surface area (Å²) in [5, 5.41) is 3.80. The van der Waals surface area contributed by atoms with E-state index in [9.17, 15) is 13.2 Å². The molecule has 2 saturated heterocycles. The van der Waals surface area contributed by atoms with E-state index in [-0.39, 0.29) is 47.8 Å². The molecule has 0 radical (unpaired) electrons. The maximum Gasteiger partial charge on any atom is 0.265 e. The molecule has 172 valence electrons. The van der Waals surface area contributed by atoms with Gasteiger partial charge < -0.3 is 18.7 Å².